The Morgan fingerprint density at radius 2 is 1.88 bits per heavy atom. The summed E-state index contributed by atoms with van der Waals surface area (Å²) in [4.78, 5) is 21.4. The van der Waals surface area contributed by atoms with Crippen LogP contribution in [0.15, 0.2) is 0 Å². The molecule has 0 heterocycles. The van der Waals surface area contributed by atoms with Crippen LogP contribution in [0.5, 0.6) is 0 Å². The average molecular weight is 230 g/mol. The molecule has 0 saturated heterocycles. The standard InChI is InChI=1S/C12H22O4/c1-4-5-8-12(2,3)9-16-11(15)7-6-10(13)14/h4-9H2,1-3H3,(H,13,14). The second-order valence-corrected chi connectivity index (χ2v) is 4.82. The first-order chi connectivity index (χ1) is 7.37. The first-order valence-electron chi connectivity index (χ1n) is 5.75. The van der Waals surface area contributed by atoms with E-state index in [0.29, 0.717) is 6.61 Å². The van der Waals surface area contributed by atoms with Gasteiger partial charge in [-0.05, 0) is 11.8 Å². The fraction of sp³-hybridized carbons (Fsp3) is 0.833. The van der Waals surface area contributed by atoms with E-state index in [1.54, 1.807) is 0 Å². The average Bonchev–Trinajstić information content (AvgIpc) is 2.21. The molecule has 0 bridgehead atoms. The lowest BCUT2D eigenvalue weighted by Gasteiger charge is -2.23. The number of unbranched alkanes of at least 4 members (excludes halogenated alkanes) is 1. The highest BCUT2D eigenvalue weighted by Crippen LogP contribution is 2.23. The Bertz CT molecular complexity index is 233. The number of ether oxygens (including phenoxy) is 1. The second-order valence-electron chi connectivity index (χ2n) is 4.82. The van der Waals surface area contributed by atoms with Crippen molar-refractivity contribution in [2.75, 3.05) is 6.61 Å². The van der Waals surface area contributed by atoms with E-state index in [1.807, 2.05) is 13.8 Å². The smallest absolute Gasteiger partial charge is 0.306 e. The summed E-state index contributed by atoms with van der Waals surface area (Å²) in [6.07, 6.45) is 3.04. The van der Waals surface area contributed by atoms with E-state index in [0.717, 1.165) is 19.3 Å². The summed E-state index contributed by atoms with van der Waals surface area (Å²) in [5.74, 6) is -1.39. The third-order valence-electron chi connectivity index (χ3n) is 2.37. The third-order valence-corrected chi connectivity index (χ3v) is 2.37. The molecule has 0 fully saturated rings. The summed E-state index contributed by atoms with van der Waals surface area (Å²) < 4.78 is 5.05. The lowest BCUT2D eigenvalue weighted by Crippen LogP contribution is -2.22. The maximum atomic E-state index is 11.2. The van der Waals surface area contributed by atoms with E-state index in [1.165, 1.54) is 0 Å². The van der Waals surface area contributed by atoms with Crippen LogP contribution in [0.1, 0.15) is 52.9 Å². The summed E-state index contributed by atoms with van der Waals surface area (Å²) in [7, 11) is 0. The van der Waals surface area contributed by atoms with Gasteiger partial charge in [0, 0.05) is 0 Å². The minimum Gasteiger partial charge on any atom is -0.481 e. The Labute approximate surface area is 97.0 Å². The highest BCUT2D eigenvalue weighted by Gasteiger charge is 2.19. The van der Waals surface area contributed by atoms with E-state index in [-0.39, 0.29) is 18.3 Å². The van der Waals surface area contributed by atoms with E-state index >= 15 is 0 Å². The van der Waals surface area contributed by atoms with E-state index in [9.17, 15) is 9.59 Å². The minimum atomic E-state index is -0.970. The highest BCUT2D eigenvalue weighted by atomic mass is 16.5. The first kappa shape index (κ1) is 14.9. The maximum Gasteiger partial charge on any atom is 0.306 e. The van der Waals surface area contributed by atoms with Crippen molar-refractivity contribution in [3.8, 4) is 0 Å². The van der Waals surface area contributed by atoms with E-state index in [4.69, 9.17) is 9.84 Å². The minimum absolute atomic E-state index is 0.0190. The molecule has 0 amide bonds. The molecular weight excluding hydrogens is 208 g/mol. The van der Waals surface area contributed by atoms with Crippen LogP contribution in [0.2, 0.25) is 0 Å². The Morgan fingerprint density at radius 1 is 1.25 bits per heavy atom. The van der Waals surface area contributed by atoms with Crippen LogP contribution < -0.4 is 0 Å². The second kappa shape index (κ2) is 7.25. The van der Waals surface area contributed by atoms with E-state index < -0.39 is 11.9 Å². The predicted octanol–water partition coefficient (Wildman–Crippen LogP) is 2.61. The number of rotatable bonds is 8. The first-order valence-corrected chi connectivity index (χ1v) is 5.75. The van der Waals surface area contributed by atoms with Crippen molar-refractivity contribution in [3.63, 3.8) is 0 Å². The quantitative estimate of drug-likeness (QED) is 0.651. The van der Waals surface area contributed by atoms with Gasteiger partial charge in [-0.2, -0.15) is 0 Å². The molecular formula is C12H22O4. The van der Waals surface area contributed by atoms with Crippen molar-refractivity contribution in [2.45, 2.75) is 52.9 Å². The number of esters is 1. The SMILES string of the molecule is CCCCC(C)(C)COC(=O)CCC(=O)O. The molecule has 94 valence electrons. The zero-order valence-electron chi connectivity index (χ0n) is 10.4. The van der Waals surface area contributed by atoms with Gasteiger partial charge in [-0.15, -0.1) is 0 Å². The number of carboxylic acid groups (broad SMARTS) is 1. The lowest BCUT2D eigenvalue weighted by atomic mass is 9.88. The van der Waals surface area contributed by atoms with Gasteiger partial charge in [0.05, 0.1) is 19.4 Å². The van der Waals surface area contributed by atoms with Gasteiger partial charge in [-0.25, -0.2) is 0 Å². The fourth-order valence-electron chi connectivity index (χ4n) is 1.28. The van der Waals surface area contributed by atoms with Crippen LogP contribution in [-0.4, -0.2) is 23.7 Å². The maximum absolute atomic E-state index is 11.2. The molecule has 0 atom stereocenters. The molecule has 0 unspecified atom stereocenters. The van der Waals surface area contributed by atoms with Crippen molar-refractivity contribution in [2.24, 2.45) is 5.41 Å². The number of hydrogen-bond donors (Lipinski definition) is 1. The zero-order chi connectivity index (χ0) is 12.6. The molecule has 4 nitrogen and oxygen atoms in total. The van der Waals surface area contributed by atoms with Crippen LogP contribution in [-0.2, 0) is 14.3 Å². The Kier molecular flexibility index (Phi) is 6.77. The Morgan fingerprint density at radius 3 is 2.38 bits per heavy atom. The van der Waals surface area contributed by atoms with Crippen LogP contribution in [0.4, 0.5) is 0 Å². The molecule has 16 heavy (non-hydrogen) atoms. The van der Waals surface area contributed by atoms with Gasteiger partial charge >= 0.3 is 11.9 Å². The van der Waals surface area contributed by atoms with Crippen molar-refractivity contribution in [1.29, 1.82) is 0 Å². The molecule has 0 aromatic rings. The van der Waals surface area contributed by atoms with Gasteiger partial charge in [0.2, 0.25) is 0 Å². The highest BCUT2D eigenvalue weighted by molar-refractivity contribution is 5.76. The van der Waals surface area contributed by atoms with Crippen molar-refractivity contribution < 1.29 is 19.4 Å². The largest absolute Gasteiger partial charge is 0.481 e. The van der Waals surface area contributed by atoms with Crippen LogP contribution in [0, 0.1) is 5.41 Å². The molecule has 0 spiro atoms. The molecule has 0 aliphatic rings. The van der Waals surface area contributed by atoms with Crippen molar-refractivity contribution >= 4 is 11.9 Å². The van der Waals surface area contributed by atoms with Crippen molar-refractivity contribution in [1.82, 2.24) is 0 Å². The molecule has 0 rings (SSSR count). The van der Waals surface area contributed by atoms with Crippen molar-refractivity contribution in [3.05, 3.63) is 0 Å². The van der Waals surface area contributed by atoms with Crippen LogP contribution in [0.25, 0.3) is 0 Å². The molecule has 0 aliphatic carbocycles. The number of carbonyl (C=O) groups excluding carboxylic acids is 1. The monoisotopic (exact) mass is 230 g/mol. The van der Waals surface area contributed by atoms with Crippen LogP contribution in [0.3, 0.4) is 0 Å². The Hall–Kier alpha value is -1.06. The van der Waals surface area contributed by atoms with Crippen LogP contribution >= 0.6 is 0 Å². The topological polar surface area (TPSA) is 63.6 Å². The summed E-state index contributed by atoms with van der Waals surface area (Å²) in [5, 5.41) is 8.40. The number of carbonyl (C=O) groups is 2. The molecule has 0 aromatic heterocycles. The summed E-state index contributed by atoms with van der Waals surface area (Å²) in [6, 6.07) is 0. The molecule has 1 N–H and O–H groups in total. The Balaban J connectivity index is 3.76. The number of carboxylic acids is 1. The number of aliphatic carboxylic acids is 1. The van der Waals surface area contributed by atoms with E-state index in [2.05, 4.69) is 6.92 Å². The molecule has 4 heteroatoms. The molecule has 0 aromatic carbocycles. The summed E-state index contributed by atoms with van der Waals surface area (Å²) in [5.41, 5.74) is -0.0190. The van der Waals surface area contributed by atoms with Gasteiger partial charge in [-0.1, -0.05) is 33.6 Å². The zero-order valence-corrected chi connectivity index (χ0v) is 10.4. The predicted molar refractivity (Wildman–Crippen MR) is 61.1 cm³/mol. The van der Waals surface area contributed by atoms with Gasteiger partial charge in [0.15, 0.2) is 0 Å². The third kappa shape index (κ3) is 8.26. The van der Waals surface area contributed by atoms with Gasteiger partial charge in [0.25, 0.3) is 0 Å². The molecule has 0 radical (unpaired) electrons. The summed E-state index contributed by atoms with van der Waals surface area (Å²) in [6.45, 7) is 6.58. The molecule has 0 aliphatic heterocycles. The van der Waals surface area contributed by atoms with Gasteiger partial charge < -0.3 is 9.84 Å². The summed E-state index contributed by atoms with van der Waals surface area (Å²) >= 11 is 0. The number of hydrogen-bond acceptors (Lipinski definition) is 3. The lowest BCUT2D eigenvalue weighted by molar-refractivity contribution is -0.150. The molecule has 0 saturated carbocycles. The fourth-order valence-corrected chi connectivity index (χ4v) is 1.28. The normalized spacial score (nSPS) is 11.2. The van der Waals surface area contributed by atoms with Gasteiger partial charge in [0.1, 0.15) is 0 Å². The van der Waals surface area contributed by atoms with Gasteiger partial charge in [-0.3, -0.25) is 9.59 Å².